The van der Waals surface area contributed by atoms with Gasteiger partial charge in [0.25, 0.3) is 21.8 Å². The molecular weight excluding hydrogens is 368 g/mol. The van der Waals surface area contributed by atoms with E-state index in [1.807, 2.05) is 18.2 Å². The molecule has 0 bridgehead atoms. The number of carbonyl (C=O) groups excluding carboxylic acids is 2. The van der Waals surface area contributed by atoms with Crippen LogP contribution < -0.4 is 5.48 Å². The Morgan fingerprint density at radius 2 is 1.84 bits per heavy atom. The molecule has 0 aromatic heterocycles. The van der Waals surface area contributed by atoms with Crippen molar-refractivity contribution in [3.8, 4) is 0 Å². The Kier molecular flexibility index (Phi) is 4.76. The molecular formula is C16H13ClN2O5S. The van der Waals surface area contributed by atoms with E-state index in [1.54, 1.807) is 12.1 Å². The number of halogens is 1. The largest absolute Gasteiger partial charge is 0.271 e. The molecule has 1 aliphatic rings. The summed E-state index contributed by atoms with van der Waals surface area (Å²) in [5.74, 6) is -1.60. The third-order valence-corrected chi connectivity index (χ3v) is 5.62. The van der Waals surface area contributed by atoms with Gasteiger partial charge in [-0.1, -0.05) is 48.0 Å². The van der Waals surface area contributed by atoms with E-state index in [0.29, 0.717) is 4.31 Å². The molecule has 1 N–H and O–H groups in total. The molecule has 0 fully saturated rings. The van der Waals surface area contributed by atoms with Crippen molar-refractivity contribution in [1.29, 1.82) is 0 Å². The predicted molar refractivity (Wildman–Crippen MR) is 89.0 cm³/mol. The number of fused-ring (bicyclic) bond motifs is 1. The topological polar surface area (TPSA) is 92.8 Å². The Morgan fingerprint density at radius 1 is 1.12 bits per heavy atom. The van der Waals surface area contributed by atoms with Gasteiger partial charge in [0.05, 0.1) is 17.2 Å². The summed E-state index contributed by atoms with van der Waals surface area (Å²) in [5.41, 5.74) is 2.83. The Labute approximate surface area is 149 Å². The molecule has 0 atom stereocenters. The molecule has 9 heteroatoms. The van der Waals surface area contributed by atoms with Crippen LogP contribution in [0.2, 0.25) is 5.02 Å². The number of benzene rings is 2. The van der Waals surface area contributed by atoms with Gasteiger partial charge >= 0.3 is 0 Å². The number of amides is 2. The molecule has 3 rings (SSSR count). The van der Waals surface area contributed by atoms with Crippen LogP contribution in [0.5, 0.6) is 0 Å². The zero-order chi connectivity index (χ0) is 18.0. The lowest BCUT2D eigenvalue weighted by Crippen LogP contribution is -2.40. The SMILES string of the molecule is O=C(CN1C(=O)c2c(Cl)cccc2S1(=O)=O)NOCc1ccccc1. The standard InChI is InChI=1S/C16H13ClN2O5S/c17-12-7-4-8-13-15(12)16(21)19(25(13,22)23)9-14(20)18-24-10-11-5-2-1-3-6-11/h1-8H,9-10H2,(H,18,20). The highest BCUT2D eigenvalue weighted by molar-refractivity contribution is 7.90. The average Bonchev–Trinajstić information content (AvgIpc) is 2.78. The lowest BCUT2D eigenvalue weighted by Gasteiger charge is -2.14. The first kappa shape index (κ1) is 17.4. The molecule has 0 aliphatic carbocycles. The average molecular weight is 381 g/mol. The van der Waals surface area contributed by atoms with Crippen LogP contribution in [0, 0.1) is 0 Å². The van der Waals surface area contributed by atoms with E-state index in [2.05, 4.69) is 5.48 Å². The van der Waals surface area contributed by atoms with Crippen LogP contribution in [-0.2, 0) is 26.3 Å². The zero-order valence-corrected chi connectivity index (χ0v) is 14.4. The highest BCUT2D eigenvalue weighted by atomic mass is 35.5. The first-order valence-corrected chi connectivity index (χ1v) is 9.03. The molecule has 0 spiro atoms. The fraction of sp³-hybridized carbons (Fsp3) is 0.125. The Hall–Kier alpha value is -2.42. The Morgan fingerprint density at radius 3 is 2.52 bits per heavy atom. The molecule has 1 aliphatic heterocycles. The molecule has 1 heterocycles. The molecule has 0 radical (unpaired) electrons. The number of hydrogen-bond acceptors (Lipinski definition) is 5. The number of sulfonamides is 1. The second-order valence-corrected chi connectivity index (χ2v) is 7.47. The van der Waals surface area contributed by atoms with E-state index in [4.69, 9.17) is 16.4 Å². The maximum absolute atomic E-state index is 12.4. The van der Waals surface area contributed by atoms with Crippen LogP contribution >= 0.6 is 11.6 Å². The van der Waals surface area contributed by atoms with Crippen LogP contribution in [0.15, 0.2) is 53.4 Å². The van der Waals surface area contributed by atoms with Crippen molar-refractivity contribution < 1.29 is 22.8 Å². The maximum Gasteiger partial charge on any atom is 0.271 e. The van der Waals surface area contributed by atoms with Gasteiger partial charge in [0.2, 0.25) is 0 Å². The summed E-state index contributed by atoms with van der Waals surface area (Å²) in [4.78, 5) is 29.1. The van der Waals surface area contributed by atoms with Gasteiger partial charge in [-0.3, -0.25) is 14.4 Å². The van der Waals surface area contributed by atoms with Gasteiger partial charge in [0.1, 0.15) is 11.4 Å². The number of rotatable bonds is 5. The molecule has 7 nitrogen and oxygen atoms in total. The number of nitrogens with one attached hydrogen (secondary N) is 1. The summed E-state index contributed by atoms with van der Waals surface area (Å²) in [7, 11) is -4.11. The van der Waals surface area contributed by atoms with E-state index in [0.717, 1.165) is 5.56 Å². The van der Waals surface area contributed by atoms with E-state index in [9.17, 15) is 18.0 Å². The van der Waals surface area contributed by atoms with Gasteiger partial charge in [-0.25, -0.2) is 18.2 Å². The third-order valence-electron chi connectivity index (χ3n) is 3.54. The van der Waals surface area contributed by atoms with Crippen molar-refractivity contribution in [3.05, 3.63) is 64.7 Å². The van der Waals surface area contributed by atoms with Crippen molar-refractivity contribution in [2.24, 2.45) is 0 Å². The van der Waals surface area contributed by atoms with Crippen LogP contribution in [0.25, 0.3) is 0 Å². The van der Waals surface area contributed by atoms with Gasteiger partial charge in [-0.2, -0.15) is 0 Å². The first-order chi connectivity index (χ1) is 11.9. The van der Waals surface area contributed by atoms with Crippen LogP contribution in [0.1, 0.15) is 15.9 Å². The summed E-state index contributed by atoms with van der Waals surface area (Å²) >= 11 is 5.91. The quantitative estimate of drug-likeness (QED) is 0.797. The molecule has 0 saturated carbocycles. The number of hydrogen-bond donors (Lipinski definition) is 1. The monoisotopic (exact) mass is 380 g/mol. The smallest absolute Gasteiger partial charge is 0.271 e. The van der Waals surface area contributed by atoms with Crippen LogP contribution in [0.4, 0.5) is 0 Å². The summed E-state index contributed by atoms with van der Waals surface area (Å²) in [6.07, 6.45) is 0. The minimum Gasteiger partial charge on any atom is -0.271 e. The minimum absolute atomic E-state index is 0.0225. The van der Waals surface area contributed by atoms with Crippen molar-refractivity contribution in [3.63, 3.8) is 0 Å². The lowest BCUT2D eigenvalue weighted by molar-refractivity contribution is -0.134. The Balaban J connectivity index is 1.66. The highest BCUT2D eigenvalue weighted by Crippen LogP contribution is 2.34. The Bertz CT molecular complexity index is 931. The van der Waals surface area contributed by atoms with E-state index in [1.165, 1.54) is 18.2 Å². The van der Waals surface area contributed by atoms with Crippen molar-refractivity contribution in [2.45, 2.75) is 11.5 Å². The summed E-state index contributed by atoms with van der Waals surface area (Å²) in [5, 5.41) is 0.0225. The number of carbonyl (C=O) groups is 2. The molecule has 130 valence electrons. The second-order valence-electron chi connectivity index (χ2n) is 5.23. The van der Waals surface area contributed by atoms with Crippen LogP contribution in [0.3, 0.4) is 0 Å². The zero-order valence-electron chi connectivity index (χ0n) is 12.8. The van der Waals surface area contributed by atoms with E-state index < -0.39 is 28.4 Å². The number of hydroxylamine groups is 1. The molecule has 2 aromatic rings. The summed E-state index contributed by atoms with van der Waals surface area (Å²) in [6.45, 7) is -0.583. The molecule has 25 heavy (non-hydrogen) atoms. The summed E-state index contributed by atoms with van der Waals surface area (Å²) < 4.78 is 25.3. The van der Waals surface area contributed by atoms with Gasteiger partial charge < -0.3 is 0 Å². The molecule has 0 saturated heterocycles. The van der Waals surface area contributed by atoms with Crippen molar-refractivity contribution in [2.75, 3.05) is 6.54 Å². The highest BCUT2D eigenvalue weighted by Gasteiger charge is 2.43. The van der Waals surface area contributed by atoms with Gasteiger partial charge in [0.15, 0.2) is 0 Å². The lowest BCUT2D eigenvalue weighted by atomic mass is 10.2. The maximum atomic E-state index is 12.4. The first-order valence-electron chi connectivity index (χ1n) is 7.21. The molecule has 0 unspecified atom stereocenters. The van der Waals surface area contributed by atoms with Gasteiger partial charge in [-0.15, -0.1) is 0 Å². The normalized spacial score (nSPS) is 15.1. The van der Waals surface area contributed by atoms with E-state index in [-0.39, 0.29) is 22.1 Å². The van der Waals surface area contributed by atoms with Gasteiger partial charge in [-0.05, 0) is 17.7 Å². The minimum atomic E-state index is -4.11. The molecule has 2 aromatic carbocycles. The number of nitrogens with zero attached hydrogens (tertiary/aromatic N) is 1. The van der Waals surface area contributed by atoms with Crippen molar-refractivity contribution >= 4 is 33.4 Å². The fourth-order valence-corrected chi connectivity index (χ4v) is 4.22. The summed E-state index contributed by atoms with van der Waals surface area (Å²) in [6, 6.07) is 13.2. The van der Waals surface area contributed by atoms with Gasteiger partial charge in [0, 0.05) is 0 Å². The van der Waals surface area contributed by atoms with Crippen LogP contribution in [-0.4, -0.2) is 31.1 Å². The van der Waals surface area contributed by atoms with Crippen molar-refractivity contribution in [1.82, 2.24) is 9.79 Å². The second kappa shape index (κ2) is 6.83. The predicted octanol–water partition coefficient (Wildman–Crippen LogP) is 1.73. The molecule has 2 amide bonds. The van der Waals surface area contributed by atoms with E-state index >= 15 is 0 Å². The fourth-order valence-electron chi connectivity index (χ4n) is 2.37. The third kappa shape index (κ3) is 3.37.